The zero-order chi connectivity index (χ0) is 14.0. The van der Waals surface area contributed by atoms with Gasteiger partial charge < -0.3 is 0 Å². The Morgan fingerprint density at radius 1 is 1.32 bits per heavy atom. The van der Waals surface area contributed by atoms with E-state index in [0.29, 0.717) is 20.9 Å². The monoisotopic (exact) mass is 380 g/mol. The molecular formula is C13H18BrClN2S2. The minimum Gasteiger partial charge on any atom is -0.235 e. The third kappa shape index (κ3) is 3.80. The summed E-state index contributed by atoms with van der Waals surface area (Å²) in [6.07, 6.45) is 2.00. The van der Waals surface area contributed by atoms with Gasteiger partial charge in [0.25, 0.3) is 0 Å². The average Bonchev–Trinajstić information content (AvgIpc) is 2.38. The van der Waals surface area contributed by atoms with Crippen molar-refractivity contribution in [2.75, 3.05) is 5.75 Å². The van der Waals surface area contributed by atoms with Crippen LogP contribution in [0.25, 0.3) is 0 Å². The summed E-state index contributed by atoms with van der Waals surface area (Å²) in [7, 11) is 0. The van der Waals surface area contributed by atoms with E-state index in [1.165, 1.54) is 0 Å². The van der Waals surface area contributed by atoms with Crippen molar-refractivity contribution in [1.29, 1.82) is 0 Å². The zero-order valence-electron chi connectivity index (χ0n) is 11.3. The van der Waals surface area contributed by atoms with Crippen LogP contribution in [0, 0.1) is 0 Å². The molecular weight excluding hydrogens is 364 g/mol. The van der Waals surface area contributed by atoms with E-state index in [2.05, 4.69) is 41.7 Å². The zero-order valence-corrected chi connectivity index (χ0v) is 15.3. The van der Waals surface area contributed by atoms with Gasteiger partial charge in [0.05, 0.1) is 15.4 Å². The molecule has 0 amide bonds. The van der Waals surface area contributed by atoms with Crippen molar-refractivity contribution in [3.05, 3.63) is 21.1 Å². The number of aromatic nitrogens is 2. The molecule has 1 aliphatic rings. The highest BCUT2D eigenvalue weighted by atomic mass is 79.9. The minimum atomic E-state index is 0.359. The molecule has 2 nitrogen and oxygen atoms in total. The van der Waals surface area contributed by atoms with Crippen molar-refractivity contribution in [3.63, 3.8) is 0 Å². The number of nitrogens with zero attached hydrogens (tertiary/aromatic N) is 2. The Kier molecular flexibility index (Phi) is 5.88. The fourth-order valence-electron chi connectivity index (χ4n) is 1.95. The van der Waals surface area contributed by atoms with Crippen LogP contribution in [0.4, 0.5) is 0 Å². The number of hydrogen-bond donors (Lipinski definition) is 0. The van der Waals surface area contributed by atoms with Crippen molar-refractivity contribution < 1.29 is 0 Å². The molecule has 0 radical (unpaired) electrons. The number of thioether (sulfide) groups is 2. The summed E-state index contributed by atoms with van der Waals surface area (Å²) in [5, 5.41) is 2.23. The van der Waals surface area contributed by atoms with Gasteiger partial charge in [-0.3, -0.25) is 0 Å². The van der Waals surface area contributed by atoms with Crippen LogP contribution < -0.4 is 0 Å². The van der Waals surface area contributed by atoms with Crippen LogP contribution in [0.15, 0.2) is 4.47 Å². The molecule has 106 valence electrons. The fourth-order valence-corrected chi connectivity index (χ4v) is 5.36. The van der Waals surface area contributed by atoms with Gasteiger partial charge in [-0.15, -0.1) is 11.8 Å². The van der Waals surface area contributed by atoms with E-state index in [9.17, 15) is 0 Å². The first-order chi connectivity index (χ1) is 9.02. The molecule has 1 aromatic rings. The second-order valence-corrected chi connectivity index (χ2v) is 8.90. The van der Waals surface area contributed by atoms with Crippen LogP contribution >= 0.6 is 51.1 Å². The van der Waals surface area contributed by atoms with Crippen LogP contribution in [-0.2, 0) is 6.42 Å². The summed E-state index contributed by atoms with van der Waals surface area (Å²) < 4.78 is 0.856. The van der Waals surface area contributed by atoms with Crippen LogP contribution in [0.1, 0.15) is 44.0 Å². The maximum atomic E-state index is 6.22. The highest BCUT2D eigenvalue weighted by Gasteiger charge is 2.29. The van der Waals surface area contributed by atoms with Crippen molar-refractivity contribution in [1.82, 2.24) is 9.97 Å². The summed E-state index contributed by atoms with van der Waals surface area (Å²) >= 11 is 13.7. The molecule has 3 unspecified atom stereocenters. The highest BCUT2D eigenvalue weighted by Crippen LogP contribution is 2.43. The van der Waals surface area contributed by atoms with E-state index in [0.717, 1.165) is 34.6 Å². The summed E-state index contributed by atoms with van der Waals surface area (Å²) in [4.78, 5) is 9.20. The van der Waals surface area contributed by atoms with Crippen molar-refractivity contribution in [2.45, 2.75) is 49.4 Å². The van der Waals surface area contributed by atoms with Crippen molar-refractivity contribution in [2.24, 2.45) is 0 Å². The van der Waals surface area contributed by atoms with Crippen LogP contribution in [-0.4, -0.2) is 26.2 Å². The molecule has 2 heterocycles. The van der Waals surface area contributed by atoms with E-state index < -0.39 is 0 Å². The standard InChI is InChI=1S/C13H18BrClN2S2/c1-4-5-9-11(14)12(15)17-13(16-9)10-6-18-7(2)8(3)19-10/h7-8,10H,4-6H2,1-3H3. The summed E-state index contributed by atoms with van der Waals surface area (Å²) in [6.45, 7) is 6.72. The Morgan fingerprint density at radius 3 is 2.68 bits per heavy atom. The molecule has 0 bridgehead atoms. The second kappa shape index (κ2) is 7.01. The Hall–Kier alpha value is 0.550. The molecule has 1 saturated heterocycles. The van der Waals surface area contributed by atoms with E-state index in [1.54, 1.807) is 0 Å². The molecule has 0 saturated carbocycles. The first-order valence-corrected chi connectivity index (χ1v) is 9.68. The topological polar surface area (TPSA) is 25.8 Å². The molecule has 0 spiro atoms. The molecule has 1 aliphatic heterocycles. The molecule has 0 aromatic carbocycles. The van der Waals surface area contributed by atoms with Gasteiger partial charge >= 0.3 is 0 Å². The van der Waals surface area contributed by atoms with Gasteiger partial charge in [-0.05, 0) is 22.4 Å². The van der Waals surface area contributed by atoms with Gasteiger partial charge in [-0.2, -0.15) is 11.8 Å². The number of rotatable bonds is 3. The van der Waals surface area contributed by atoms with Gasteiger partial charge in [0.2, 0.25) is 0 Å². The van der Waals surface area contributed by atoms with Gasteiger partial charge in [0, 0.05) is 16.3 Å². The maximum Gasteiger partial charge on any atom is 0.147 e. The van der Waals surface area contributed by atoms with Gasteiger partial charge in [-0.25, -0.2) is 9.97 Å². The van der Waals surface area contributed by atoms with Crippen LogP contribution in [0.3, 0.4) is 0 Å². The van der Waals surface area contributed by atoms with Crippen LogP contribution in [0.5, 0.6) is 0 Å². The normalized spacial score (nSPS) is 27.5. The molecule has 19 heavy (non-hydrogen) atoms. The predicted molar refractivity (Wildman–Crippen MR) is 90.5 cm³/mol. The Morgan fingerprint density at radius 2 is 2.05 bits per heavy atom. The Bertz CT molecular complexity index is 459. The van der Waals surface area contributed by atoms with Crippen molar-refractivity contribution in [3.8, 4) is 0 Å². The SMILES string of the molecule is CCCc1nc(C2CSC(C)C(C)S2)nc(Cl)c1Br. The lowest BCUT2D eigenvalue weighted by Gasteiger charge is -2.30. The van der Waals surface area contributed by atoms with Crippen LogP contribution in [0.2, 0.25) is 5.15 Å². The lowest BCUT2D eigenvalue weighted by atomic mass is 10.2. The third-order valence-electron chi connectivity index (χ3n) is 3.22. The van der Waals surface area contributed by atoms with Gasteiger partial charge in [-0.1, -0.05) is 38.8 Å². The Balaban J connectivity index is 2.25. The van der Waals surface area contributed by atoms with Gasteiger partial charge in [0.1, 0.15) is 11.0 Å². The van der Waals surface area contributed by atoms with Crippen molar-refractivity contribution >= 4 is 51.1 Å². The molecule has 3 atom stereocenters. The summed E-state index contributed by atoms with van der Waals surface area (Å²) in [5.74, 6) is 1.97. The van der Waals surface area contributed by atoms with E-state index in [1.807, 2.05) is 23.5 Å². The minimum absolute atomic E-state index is 0.359. The lowest BCUT2D eigenvalue weighted by Crippen LogP contribution is -2.23. The number of aryl methyl sites for hydroxylation is 1. The predicted octanol–water partition coefficient (Wildman–Crippen LogP) is 5.14. The second-order valence-electron chi connectivity index (χ2n) is 4.75. The van der Waals surface area contributed by atoms with Gasteiger partial charge in [0.15, 0.2) is 0 Å². The molecule has 0 N–H and O–H groups in total. The first-order valence-electron chi connectivity index (χ1n) is 6.51. The molecule has 0 aliphatic carbocycles. The average molecular weight is 382 g/mol. The maximum absolute atomic E-state index is 6.22. The molecule has 1 aromatic heterocycles. The Labute approximate surface area is 137 Å². The third-order valence-corrected chi connectivity index (χ3v) is 7.94. The fraction of sp³-hybridized carbons (Fsp3) is 0.692. The first kappa shape index (κ1) is 15.9. The largest absolute Gasteiger partial charge is 0.235 e. The quantitative estimate of drug-likeness (QED) is 0.677. The number of halogens is 2. The highest BCUT2D eigenvalue weighted by molar-refractivity contribution is 9.10. The number of hydrogen-bond acceptors (Lipinski definition) is 4. The van der Waals surface area contributed by atoms with E-state index in [-0.39, 0.29) is 0 Å². The molecule has 1 fully saturated rings. The lowest BCUT2D eigenvalue weighted by molar-refractivity contribution is 0.809. The molecule has 2 rings (SSSR count). The smallest absolute Gasteiger partial charge is 0.147 e. The molecule has 6 heteroatoms. The van der Waals surface area contributed by atoms with E-state index in [4.69, 9.17) is 16.6 Å². The van der Waals surface area contributed by atoms with E-state index >= 15 is 0 Å². The summed E-state index contributed by atoms with van der Waals surface area (Å²) in [6, 6.07) is 0. The summed E-state index contributed by atoms with van der Waals surface area (Å²) in [5.41, 5.74) is 1.04.